The first kappa shape index (κ1) is 20.2. The van der Waals surface area contributed by atoms with Crippen LogP contribution in [0.25, 0.3) is 5.65 Å². The van der Waals surface area contributed by atoms with E-state index in [9.17, 15) is 22.8 Å². The highest BCUT2D eigenvalue weighted by molar-refractivity contribution is 7.99. The molecule has 3 aromatic rings. The maximum Gasteiger partial charge on any atom is 0.416 e. The zero-order chi connectivity index (χ0) is 20.3. The summed E-state index contributed by atoms with van der Waals surface area (Å²) in [5, 5.41) is 2.83. The molecule has 0 radical (unpaired) electrons. The number of thioether (sulfide) groups is 1. The summed E-state index contributed by atoms with van der Waals surface area (Å²) in [5.41, 5.74) is -0.139. The van der Waals surface area contributed by atoms with Crippen molar-refractivity contribution in [1.82, 2.24) is 9.38 Å². The maximum absolute atomic E-state index is 12.7. The predicted molar refractivity (Wildman–Crippen MR) is 103 cm³/mol. The third kappa shape index (κ3) is 5.05. The van der Waals surface area contributed by atoms with E-state index in [0.29, 0.717) is 22.1 Å². The quantitative estimate of drug-likeness (QED) is 0.661. The minimum Gasteiger partial charge on any atom is -0.325 e. The number of nitrogens with one attached hydrogen (secondary N) is 1. The van der Waals surface area contributed by atoms with E-state index >= 15 is 0 Å². The van der Waals surface area contributed by atoms with Gasteiger partial charge in [0.25, 0.3) is 5.56 Å². The second-order valence-corrected chi connectivity index (χ2v) is 7.20. The van der Waals surface area contributed by atoms with Crippen LogP contribution in [0, 0.1) is 0 Å². The first-order valence-electron chi connectivity index (χ1n) is 7.95. The number of carbonyl (C=O) groups excluding carboxylic acids is 1. The highest BCUT2D eigenvalue weighted by Crippen LogP contribution is 2.30. The summed E-state index contributed by atoms with van der Waals surface area (Å²) in [6, 6.07) is 8.99. The van der Waals surface area contributed by atoms with E-state index in [0.717, 1.165) is 12.1 Å². The van der Waals surface area contributed by atoms with Gasteiger partial charge in [-0.15, -0.1) is 11.8 Å². The number of aromatic nitrogens is 2. The van der Waals surface area contributed by atoms with Crippen molar-refractivity contribution in [3.8, 4) is 0 Å². The molecule has 28 heavy (non-hydrogen) atoms. The van der Waals surface area contributed by atoms with Gasteiger partial charge in [-0.3, -0.25) is 14.0 Å². The summed E-state index contributed by atoms with van der Waals surface area (Å²) < 4.78 is 39.4. The fourth-order valence-electron chi connectivity index (χ4n) is 2.42. The summed E-state index contributed by atoms with van der Waals surface area (Å²) in [6.45, 7) is 0. The summed E-state index contributed by atoms with van der Waals surface area (Å²) in [6.07, 6.45) is -3.01. The molecule has 0 bridgehead atoms. The Labute approximate surface area is 166 Å². The van der Waals surface area contributed by atoms with Gasteiger partial charge in [0.1, 0.15) is 5.65 Å². The summed E-state index contributed by atoms with van der Waals surface area (Å²) in [5.74, 6) is -0.156. The van der Waals surface area contributed by atoms with Crippen LogP contribution in [0.1, 0.15) is 11.3 Å². The van der Waals surface area contributed by atoms with Crippen LogP contribution in [0.3, 0.4) is 0 Å². The van der Waals surface area contributed by atoms with Crippen molar-refractivity contribution < 1.29 is 18.0 Å². The average molecular weight is 428 g/mol. The monoisotopic (exact) mass is 427 g/mol. The van der Waals surface area contributed by atoms with Gasteiger partial charge in [0, 0.05) is 23.7 Å². The lowest BCUT2D eigenvalue weighted by atomic mass is 10.2. The van der Waals surface area contributed by atoms with Crippen molar-refractivity contribution in [2.45, 2.75) is 11.9 Å². The molecule has 0 aliphatic heterocycles. The Morgan fingerprint density at radius 3 is 2.75 bits per heavy atom. The Morgan fingerprint density at radius 1 is 1.21 bits per heavy atom. The van der Waals surface area contributed by atoms with Crippen LogP contribution in [0.4, 0.5) is 18.9 Å². The Kier molecular flexibility index (Phi) is 5.95. The van der Waals surface area contributed by atoms with Gasteiger partial charge in [-0.1, -0.05) is 17.7 Å². The van der Waals surface area contributed by atoms with E-state index in [4.69, 9.17) is 11.6 Å². The second-order valence-electron chi connectivity index (χ2n) is 5.78. The topological polar surface area (TPSA) is 63.5 Å². The molecule has 0 aliphatic carbocycles. The van der Waals surface area contributed by atoms with E-state index in [-0.39, 0.29) is 17.0 Å². The molecule has 5 nitrogen and oxygen atoms in total. The highest BCUT2D eigenvalue weighted by Gasteiger charge is 2.30. The van der Waals surface area contributed by atoms with Crippen LogP contribution < -0.4 is 10.9 Å². The van der Waals surface area contributed by atoms with Crippen LogP contribution in [0.15, 0.2) is 53.5 Å². The minimum absolute atomic E-state index is 0.00207. The van der Waals surface area contributed by atoms with Gasteiger partial charge in [-0.05, 0) is 30.3 Å². The third-order valence-corrected chi connectivity index (χ3v) is 4.82. The van der Waals surface area contributed by atoms with Crippen molar-refractivity contribution in [3.05, 3.63) is 75.3 Å². The van der Waals surface area contributed by atoms with Gasteiger partial charge < -0.3 is 5.32 Å². The van der Waals surface area contributed by atoms with E-state index in [1.807, 2.05) is 0 Å². The zero-order valence-corrected chi connectivity index (χ0v) is 15.7. The number of amides is 1. The van der Waals surface area contributed by atoms with Gasteiger partial charge in [0.15, 0.2) is 0 Å². The van der Waals surface area contributed by atoms with Crippen molar-refractivity contribution in [2.75, 3.05) is 11.1 Å². The first-order chi connectivity index (χ1) is 13.2. The largest absolute Gasteiger partial charge is 0.416 e. The number of nitrogens with zero attached hydrogens (tertiary/aromatic N) is 2. The third-order valence-electron chi connectivity index (χ3n) is 3.63. The SMILES string of the molecule is O=C(CSCc1cc(=O)n2cc(Cl)ccc2n1)Nc1cccc(C(F)(F)F)c1. The Hall–Kier alpha value is -2.52. The van der Waals surface area contributed by atoms with E-state index < -0.39 is 17.6 Å². The maximum atomic E-state index is 12.7. The van der Waals surface area contributed by atoms with Crippen molar-refractivity contribution in [2.24, 2.45) is 0 Å². The molecule has 0 unspecified atom stereocenters. The summed E-state index contributed by atoms with van der Waals surface area (Å²) in [7, 11) is 0. The fraction of sp³-hybridized carbons (Fsp3) is 0.167. The average Bonchev–Trinajstić information content (AvgIpc) is 2.62. The number of rotatable bonds is 5. The molecule has 2 heterocycles. The fourth-order valence-corrected chi connectivity index (χ4v) is 3.30. The van der Waals surface area contributed by atoms with Crippen molar-refractivity contribution >= 4 is 40.6 Å². The number of hydrogen-bond acceptors (Lipinski definition) is 4. The van der Waals surface area contributed by atoms with Gasteiger partial charge >= 0.3 is 6.18 Å². The lowest BCUT2D eigenvalue weighted by molar-refractivity contribution is -0.137. The molecule has 1 N–H and O–H groups in total. The lowest BCUT2D eigenvalue weighted by Crippen LogP contribution is -2.16. The molecule has 3 rings (SSSR count). The number of hydrogen-bond donors (Lipinski definition) is 1. The number of alkyl halides is 3. The van der Waals surface area contributed by atoms with E-state index in [2.05, 4.69) is 10.3 Å². The lowest BCUT2D eigenvalue weighted by Gasteiger charge is -2.10. The molecule has 1 amide bonds. The molecule has 0 saturated carbocycles. The van der Waals surface area contributed by atoms with Crippen molar-refractivity contribution in [3.63, 3.8) is 0 Å². The minimum atomic E-state index is -4.48. The molecule has 1 aromatic carbocycles. The summed E-state index contributed by atoms with van der Waals surface area (Å²) >= 11 is 7.04. The Bertz CT molecular complexity index is 1090. The van der Waals surface area contributed by atoms with Gasteiger partial charge in [0.2, 0.25) is 5.91 Å². The molecule has 10 heteroatoms. The highest BCUT2D eigenvalue weighted by atomic mass is 35.5. The van der Waals surface area contributed by atoms with Gasteiger partial charge in [0.05, 0.1) is 22.0 Å². The van der Waals surface area contributed by atoms with E-state index in [1.165, 1.54) is 40.6 Å². The predicted octanol–water partition coefficient (Wildman–Crippen LogP) is 4.24. The smallest absolute Gasteiger partial charge is 0.325 e. The number of carbonyl (C=O) groups is 1. The second kappa shape index (κ2) is 8.24. The molecule has 0 fully saturated rings. The number of pyridine rings is 1. The zero-order valence-electron chi connectivity index (χ0n) is 14.2. The molecule has 0 aliphatic rings. The first-order valence-corrected chi connectivity index (χ1v) is 9.48. The van der Waals surface area contributed by atoms with Crippen LogP contribution in [0.5, 0.6) is 0 Å². The number of halogens is 4. The normalized spacial score (nSPS) is 11.6. The van der Waals surface area contributed by atoms with Crippen molar-refractivity contribution in [1.29, 1.82) is 0 Å². The standard InChI is InChI=1S/C18H13ClF3N3O2S/c19-12-4-5-15-23-14(7-17(27)25(15)8-12)9-28-10-16(26)24-13-3-1-2-11(6-13)18(20,21)22/h1-8H,9-10H2,(H,24,26). The van der Waals surface area contributed by atoms with E-state index in [1.54, 1.807) is 12.1 Å². The molecule has 146 valence electrons. The molecular weight excluding hydrogens is 415 g/mol. The Balaban J connectivity index is 1.59. The molecule has 2 aromatic heterocycles. The van der Waals surface area contributed by atoms with Gasteiger partial charge in [-0.2, -0.15) is 13.2 Å². The van der Waals surface area contributed by atoms with Crippen LogP contribution >= 0.6 is 23.4 Å². The van der Waals surface area contributed by atoms with Crippen LogP contribution in [0.2, 0.25) is 5.02 Å². The van der Waals surface area contributed by atoms with Gasteiger partial charge in [-0.25, -0.2) is 4.98 Å². The Morgan fingerprint density at radius 2 is 2.00 bits per heavy atom. The number of anilines is 1. The van der Waals surface area contributed by atoms with Crippen LogP contribution in [-0.2, 0) is 16.7 Å². The number of fused-ring (bicyclic) bond motifs is 1. The molecule has 0 spiro atoms. The molecule has 0 saturated heterocycles. The molecule has 0 atom stereocenters. The molecular formula is C18H13ClF3N3O2S. The number of benzene rings is 1. The summed E-state index contributed by atoms with van der Waals surface area (Å²) in [4.78, 5) is 28.4. The van der Waals surface area contributed by atoms with Crippen LogP contribution in [-0.4, -0.2) is 21.0 Å².